The first-order valence-electron chi connectivity index (χ1n) is 8.85. The Morgan fingerprint density at radius 1 is 0.962 bits per heavy atom. The van der Waals surface area contributed by atoms with Gasteiger partial charge in [-0.25, -0.2) is 0 Å². The molecule has 26 heavy (non-hydrogen) atoms. The van der Waals surface area contributed by atoms with Gasteiger partial charge >= 0.3 is 5.97 Å². The van der Waals surface area contributed by atoms with Crippen molar-refractivity contribution in [1.82, 2.24) is 4.90 Å². The number of anilines is 1. The van der Waals surface area contributed by atoms with Gasteiger partial charge in [0.15, 0.2) is 0 Å². The van der Waals surface area contributed by atoms with Crippen LogP contribution in [-0.2, 0) is 27.4 Å². The third-order valence-electron chi connectivity index (χ3n) is 3.87. The van der Waals surface area contributed by atoms with E-state index in [0.717, 1.165) is 17.8 Å². The second kappa shape index (κ2) is 10.4. The number of carbonyl (C=O) groups excluding carboxylic acids is 2. The van der Waals surface area contributed by atoms with Crippen molar-refractivity contribution < 1.29 is 14.3 Å². The van der Waals surface area contributed by atoms with Crippen molar-refractivity contribution in [2.45, 2.75) is 33.4 Å². The monoisotopic (exact) mass is 354 g/mol. The highest BCUT2D eigenvalue weighted by molar-refractivity contribution is 5.88. The van der Waals surface area contributed by atoms with E-state index in [-0.39, 0.29) is 11.9 Å². The lowest BCUT2D eigenvalue weighted by molar-refractivity contribution is -0.143. The van der Waals surface area contributed by atoms with Gasteiger partial charge in [0.2, 0.25) is 5.91 Å². The highest BCUT2D eigenvalue weighted by Gasteiger charge is 2.11. The van der Waals surface area contributed by atoms with E-state index in [0.29, 0.717) is 26.1 Å². The molecular formula is C21H26N2O3. The molecule has 5 nitrogen and oxygen atoms in total. The zero-order valence-corrected chi connectivity index (χ0v) is 15.4. The average Bonchev–Trinajstić information content (AvgIpc) is 2.62. The molecule has 0 spiro atoms. The van der Waals surface area contributed by atoms with Crippen LogP contribution in [0.2, 0.25) is 0 Å². The zero-order chi connectivity index (χ0) is 18.8. The van der Waals surface area contributed by atoms with Gasteiger partial charge in [0, 0.05) is 32.2 Å². The molecule has 0 aliphatic heterocycles. The summed E-state index contributed by atoms with van der Waals surface area (Å²) in [5.41, 5.74) is 3.10. The molecule has 0 radical (unpaired) electrons. The van der Waals surface area contributed by atoms with E-state index >= 15 is 0 Å². The summed E-state index contributed by atoms with van der Waals surface area (Å²) in [6.07, 6.45) is 0.366. The molecule has 0 saturated carbocycles. The van der Waals surface area contributed by atoms with E-state index in [9.17, 15) is 9.59 Å². The van der Waals surface area contributed by atoms with Crippen molar-refractivity contribution in [2.75, 3.05) is 18.5 Å². The highest BCUT2D eigenvalue weighted by atomic mass is 16.5. The van der Waals surface area contributed by atoms with Crippen LogP contribution in [0, 0.1) is 0 Å². The van der Waals surface area contributed by atoms with Gasteiger partial charge in [-0.05, 0) is 30.2 Å². The Hall–Kier alpha value is -2.66. The SMILES string of the molecule is CCOC(=O)CCN(Cc1ccccc1)Cc1ccc(NC(C)=O)cc1. The van der Waals surface area contributed by atoms with Crippen LogP contribution >= 0.6 is 0 Å². The number of rotatable bonds is 9. The number of amides is 1. The molecule has 1 N–H and O–H groups in total. The number of hydrogen-bond donors (Lipinski definition) is 1. The van der Waals surface area contributed by atoms with Crippen LogP contribution < -0.4 is 5.32 Å². The highest BCUT2D eigenvalue weighted by Crippen LogP contribution is 2.14. The molecule has 0 aliphatic carbocycles. The fourth-order valence-corrected chi connectivity index (χ4v) is 2.69. The third kappa shape index (κ3) is 7.07. The van der Waals surface area contributed by atoms with Gasteiger partial charge in [-0.2, -0.15) is 0 Å². The number of hydrogen-bond acceptors (Lipinski definition) is 4. The van der Waals surface area contributed by atoms with Gasteiger partial charge in [0.1, 0.15) is 0 Å². The molecule has 0 unspecified atom stereocenters. The molecule has 5 heteroatoms. The fourth-order valence-electron chi connectivity index (χ4n) is 2.69. The van der Waals surface area contributed by atoms with Crippen LogP contribution in [-0.4, -0.2) is 29.9 Å². The standard InChI is InChI=1S/C21H26N2O3/c1-3-26-21(25)13-14-23(15-18-7-5-4-6-8-18)16-19-9-11-20(12-10-19)22-17(2)24/h4-12H,3,13-16H2,1-2H3,(H,22,24). The first kappa shape index (κ1) is 19.7. The van der Waals surface area contributed by atoms with Crippen LogP contribution in [0.5, 0.6) is 0 Å². The van der Waals surface area contributed by atoms with Crippen molar-refractivity contribution >= 4 is 17.6 Å². The van der Waals surface area contributed by atoms with Crippen molar-refractivity contribution in [3.63, 3.8) is 0 Å². The maximum atomic E-state index is 11.7. The van der Waals surface area contributed by atoms with Crippen LogP contribution in [0.25, 0.3) is 0 Å². The van der Waals surface area contributed by atoms with E-state index in [1.807, 2.05) is 49.4 Å². The largest absolute Gasteiger partial charge is 0.466 e. The molecule has 0 fully saturated rings. The Balaban J connectivity index is 2.02. The van der Waals surface area contributed by atoms with E-state index < -0.39 is 0 Å². The zero-order valence-electron chi connectivity index (χ0n) is 15.4. The van der Waals surface area contributed by atoms with Gasteiger partial charge in [-0.3, -0.25) is 14.5 Å². The third-order valence-corrected chi connectivity index (χ3v) is 3.87. The van der Waals surface area contributed by atoms with Crippen LogP contribution in [0.3, 0.4) is 0 Å². The number of ether oxygens (including phenoxy) is 1. The Morgan fingerprint density at radius 3 is 2.15 bits per heavy atom. The summed E-state index contributed by atoms with van der Waals surface area (Å²) in [6.45, 7) is 5.81. The summed E-state index contributed by atoms with van der Waals surface area (Å²) < 4.78 is 5.04. The molecule has 0 saturated heterocycles. The summed E-state index contributed by atoms with van der Waals surface area (Å²) in [5.74, 6) is -0.260. The average molecular weight is 354 g/mol. The van der Waals surface area contributed by atoms with Crippen molar-refractivity contribution in [1.29, 1.82) is 0 Å². The molecule has 1 amide bonds. The number of nitrogens with zero attached hydrogens (tertiary/aromatic N) is 1. The van der Waals surface area contributed by atoms with Gasteiger partial charge < -0.3 is 10.1 Å². The van der Waals surface area contributed by atoms with E-state index in [1.165, 1.54) is 12.5 Å². The summed E-state index contributed by atoms with van der Waals surface area (Å²) in [7, 11) is 0. The molecule has 0 atom stereocenters. The second-order valence-electron chi connectivity index (χ2n) is 6.13. The summed E-state index contributed by atoms with van der Waals surface area (Å²) in [6, 6.07) is 18.0. The van der Waals surface area contributed by atoms with E-state index in [4.69, 9.17) is 4.74 Å². The first-order chi connectivity index (χ1) is 12.6. The van der Waals surface area contributed by atoms with Crippen molar-refractivity contribution in [3.05, 3.63) is 65.7 Å². The van der Waals surface area contributed by atoms with Gasteiger partial charge in [-0.15, -0.1) is 0 Å². The topological polar surface area (TPSA) is 58.6 Å². The predicted octanol–water partition coefficient (Wildman–Crippen LogP) is 3.60. The maximum Gasteiger partial charge on any atom is 0.307 e. The smallest absolute Gasteiger partial charge is 0.307 e. The lowest BCUT2D eigenvalue weighted by Crippen LogP contribution is -2.26. The maximum absolute atomic E-state index is 11.7. The lowest BCUT2D eigenvalue weighted by atomic mass is 10.1. The van der Waals surface area contributed by atoms with Gasteiger partial charge in [0.05, 0.1) is 13.0 Å². The summed E-state index contributed by atoms with van der Waals surface area (Å²) >= 11 is 0. The summed E-state index contributed by atoms with van der Waals surface area (Å²) in [5, 5.41) is 2.77. The lowest BCUT2D eigenvalue weighted by Gasteiger charge is -2.22. The van der Waals surface area contributed by atoms with Crippen LogP contribution in [0.15, 0.2) is 54.6 Å². The first-order valence-corrected chi connectivity index (χ1v) is 8.85. The second-order valence-corrected chi connectivity index (χ2v) is 6.13. The Morgan fingerprint density at radius 2 is 1.58 bits per heavy atom. The predicted molar refractivity (Wildman–Crippen MR) is 103 cm³/mol. The molecule has 0 aromatic heterocycles. The molecular weight excluding hydrogens is 328 g/mol. The van der Waals surface area contributed by atoms with Crippen LogP contribution in [0.1, 0.15) is 31.4 Å². The minimum atomic E-state index is -0.174. The molecule has 2 aromatic carbocycles. The molecule has 2 rings (SSSR count). The van der Waals surface area contributed by atoms with E-state index in [1.54, 1.807) is 0 Å². The minimum Gasteiger partial charge on any atom is -0.466 e. The Labute approximate surface area is 155 Å². The molecule has 0 heterocycles. The number of nitrogens with one attached hydrogen (secondary N) is 1. The molecule has 0 aliphatic rings. The molecule has 138 valence electrons. The number of carbonyl (C=O) groups is 2. The Bertz CT molecular complexity index is 699. The van der Waals surface area contributed by atoms with E-state index in [2.05, 4.69) is 22.3 Å². The van der Waals surface area contributed by atoms with Crippen LogP contribution in [0.4, 0.5) is 5.69 Å². The molecule has 2 aromatic rings. The van der Waals surface area contributed by atoms with Gasteiger partial charge in [0.25, 0.3) is 0 Å². The fraction of sp³-hybridized carbons (Fsp3) is 0.333. The van der Waals surface area contributed by atoms with Gasteiger partial charge in [-0.1, -0.05) is 42.5 Å². The number of benzene rings is 2. The Kier molecular flexibility index (Phi) is 7.83. The summed E-state index contributed by atoms with van der Waals surface area (Å²) in [4.78, 5) is 25.1. The molecule has 0 bridgehead atoms. The van der Waals surface area contributed by atoms with Crippen molar-refractivity contribution in [3.8, 4) is 0 Å². The van der Waals surface area contributed by atoms with Crippen molar-refractivity contribution in [2.24, 2.45) is 0 Å². The minimum absolute atomic E-state index is 0.0853. The normalized spacial score (nSPS) is 10.6. The number of esters is 1. The quantitative estimate of drug-likeness (QED) is 0.699.